The number of ether oxygens (including phenoxy) is 1. The van der Waals surface area contributed by atoms with Crippen LogP contribution in [0.2, 0.25) is 18.1 Å². The number of benzene rings is 1. The Morgan fingerprint density at radius 3 is 2.54 bits per heavy atom. The first-order chi connectivity index (χ1) is 13.0. The lowest BCUT2D eigenvalue weighted by molar-refractivity contribution is -0.149. The van der Waals surface area contributed by atoms with Gasteiger partial charge in [0.05, 0.1) is 13.2 Å². The van der Waals surface area contributed by atoms with Crippen molar-refractivity contribution in [3.63, 3.8) is 0 Å². The zero-order valence-corrected chi connectivity index (χ0v) is 18.5. The SMILES string of the molecule is COC(=O)[C@@H]1C(=O)NC[C@H]1c1cc2c(cc1F)C(O[Si](C)(C)C(C)(C)C)CC2. The van der Waals surface area contributed by atoms with Crippen LogP contribution < -0.4 is 5.32 Å². The number of rotatable bonds is 4. The van der Waals surface area contributed by atoms with Crippen LogP contribution in [-0.2, 0) is 25.2 Å². The number of nitrogens with one attached hydrogen (secondary N) is 1. The fraction of sp³-hybridized carbons (Fsp3) is 0.619. The summed E-state index contributed by atoms with van der Waals surface area (Å²) in [6.45, 7) is 11.2. The van der Waals surface area contributed by atoms with Crippen molar-refractivity contribution in [2.75, 3.05) is 13.7 Å². The van der Waals surface area contributed by atoms with E-state index in [0.717, 1.165) is 24.0 Å². The summed E-state index contributed by atoms with van der Waals surface area (Å²) in [5.74, 6) is -2.97. The summed E-state index contributed by atoms with van der Waals surface area (Å²) < 4.78 is 26.4. The third-order valence-electron chi connectivity index (χ3n) is 6.56. The van der Waals surface area contributed by atoms with Crippen LogP contribution in [0.1, 0.15) is 55.9 Å². The molecular weight excluding hydrogens is 377 g/mol. The van der Waals surface area contributed by atoms with Crippen LogP contribution in [0, 0.1) is 11.7 Å². The fourth-order valence-electron chi connectivity index (χ4n) is 3.86. The van der Waals surface area contributed by atoms with Gasteiger partial charge in [-0.3, -0.25) is 9.59 Å². The van der Waals surface area contributed by atoms with E-state index in [1.807, 2.05) is 6.07 Å². The molecule has 1 aliphatic heterocycles. The standard InChI is InChI=1S/C21H30FNO4Si/c1-21(2,3)28(5,6)27-17-8-7-12-9-14(16(22)10-13(12)17)15-11-23-19(24)18(15)20(25)26-4/h9-10,15,17-18H,7-8,11H2,1-6H3,(H,23,24)/t15-,17?,18-/m0/s1. The highest BCUT2D eigenvalue weighted by atomic mass is 28.4. The Labute approximate surface area is 167 Å². The maximum atomic E-state index is 15.1. The minimum absolute atomic E-state index is 0.0812. The molecule has 1 aliphatic carbocycles. The van der Waals surface area contributed by atoms with Gasteiger partial charge < -0.3 is 14.5 Å². The van der Waals surface area contributed by atoms with Gasteiger partial charge >= 0.3 is 5.97 Å². The van der Waals surface area contributed by atoms with Crippen LogP contribution >= 0.6 is 0 Å². The zero-order valence-electron chi connectivity index (χ0n) is 17.5. The average Bonchev–Trinajstić information content (AvgIpc) is 3.16. The van der Waals surface area contributed by atoms with Crippen molar-refractivity contribution in [3.05, 3.63) is 34.6 Å². The van der Waals surface area contributed by atoms with Crippen molar-refractivity contribution in [1.82, 2.24) is 5.32 Å². The van der Waals surface area contributed by atoms with Gasteiger partial charge in [0.15, 0.2) is 8.32 Å². The zero-order chi connectivity index (χ0) is 20.9. The summed E-state index contributed by atoms with van der Waals surface area (Å²) in [6.07, 6.45) is 1.53. The van der Waals surface area contributed by atoms with Crippen LogP contribution in [-0.4, -0.2) is 33.8 Å². The number of amides is 1. The van der Waals surface area contributed by atoms with Crippen LogP contribution in [0.15, 0.2) is 12.1 Å². The second kappa shape index (κ2) is 7.26. The Kier molecular flexibility index (Phi) is 5.44. The minimum atomic E-state index is -1.97. The van der Waals surface area contributed by atoms with Crippen molar-refractivity contribution in [3.8, 4) is 0 Å². The molecule has 1 N–H and O–H groups in total. The Morgan fingerprint density at radius 2 is 1.93 bits per heavy atom. The van der Waals surface area contributed by atoms with Gasteiger partial charge in [-0.05, 0) is 53.7 Å². The van der Waals surface area contributed by atoms with E-state index in [-0.39, 0.29) is 23.5 Å². The molecule has 7 heteroatoms. The number of esters is 1. The Balaban J connectivity index is 1.90. The highest BCUT2D eigenvalue weighted by Crippen LogP contribution is 2.45. The van der Waals surface area contributed by atoms with E-state index in [9.17, 15) is 9.59 Å². The molecule has 1 fully saturated rings. The molecule has 1 aromatic carbocycles. The molecular formula is C21H30FNO4Si. The topological polar surface area (TPSA) is 64.6 Å². The summed E-state index contributed by atoms with van der Waals surface area (Å²) in [7, 11) is -0.730. The number of halogens is 1. The first kappa shape index (κ1) is 21.0. The predicted octanol–water partition coefficient (Wildman–Crippen LogP) is 3.84. The first-order valence-electron chi connectivity index (χ1n) is 9.82. The third kappa shape index (κ3) is 3.62. The lowest BCUT2D eigenvalue weighted by Crippen LogP contribution is -2.41. The molecule has 1 heterocycles. The van der Waals surface area contributed by atoms with E-state index in [1.54, 1.807) is 6.07 Å². The van der Waals surface area contributed by atoms with E-state index >= 15 is 4.39 Å². The number of hydrogen-bond acceptors (Lipinski definition) is 4. The van der Waals surface area contributed by atoms with Gasteiger partial charge in [-0.2, -0.15) is 0 Å². The summed E-state index contributed by atoms with van der Waals surface area (Å²) in [5.41, 5.74) is 2.35. The van der Waals surface area contributed by atoms with Crippen LogP contribution in [0.3, 0.4) is 0 Å². The van der Waals surface area contributed by atoms with Crippen molar-refractivity contribution in [1.29, 1.82) is 0 Å². The molecule has 2 aliphatic rings. The number of aryl methyl sites for hydroxylation is 1. The van der Waals surface area contributed by atoms with Gasteiger partial charge in [-0.25, -0.2) is 4.39 Å². The number of carbonyl (C=O) groups is 2. The van der Waals surface area contributed by atoms with Gasteiger partial charge in [-0.1, -0.05) is 26.8 Å². The number of carbonyl (C=O) groups excluding carboxylic acids is 2. The molecule has 154 valence electrons. The van der Waals surface area contributed by atoms with E-state index in [1.165, 1.54) is 7.11 Å². The molecule has 0 bridgehead atoms. The largest absolute Gasteiger partial charge is 0.468 e. The van der Waals surface area contributed by atoms with Crippen LogP contribution in [0.5, 0.6) is 0 Å². The molecule has 0 saturated carbocycles. The Hall–Kier alpha value is -1.73. The molecule has 1 saturated heterocycles. The summed E-state index contributed by atoms with van der Waals surface area (Å²) >= 11 is 0. The van der Waals surface area contributed by atoms with Crippen molar-refractivity contribution in [2.24, 2.45) is 5.92 Å². The summed E-state index contributed by atoms with van der Waals surface area (Å²) in [4.78, 5) is 24.1. The van der Waals surface area contributed by atoms with Gasteiger partial charge in [0.1, 0.15) is 11.7 Å². The summed E-state index contributed by atoms with van der Waals surface area (Å²) in [6, 6.07) is 3.37. The molecule has 0 spiro atoms. The van der Waals surface area contributed by atoms with E-state index < -0.39 is 32.0 Å². The molecule has 3 rings (SSSR count). The molecule has 1 unspecified atom stereocenters. The second-order valence-corrected chi connectivity index (χ2v) is 14.1. The maximum absolute atomic E-state index is 15.1. The van der Waals surface area contributed by atoms with E-state index in [0.29, 0.717) is 5.56 Å². The van der Waals surface area contributed by atoms with Crippen molar-refractivity contribution < 1.29 is 23.1 Å². The molecule has 0 radical (unpaired) electrons. The second-order valence-electron chi connectivity index (χ2n) is 9.33. The van der Waals surface area contributed by atoms with Crippen molar-refractivity contribution >= 4 is 20.2 Å². The van der Waals surface area contributed by atoms with Gasteiger partial charge in [0.25, 0.3) is 0 Å². The van der Waals surface area contributed by atoms with Crippen molar-refractivity contribution in [2.45, 2.75) is 63.8 Å². The molecule has 1 aromatic rings. The smallest absolute Gasteiger partial charge is 0.318 e. The number of hydrogen-bond donors (Lipinski definition) is 1. The highest BCUT2D eigenvalue weighted by Gasteiger charge is 2.44. The predicted molar refractivity (Wildman–Crippen MR) is 107 cm³/mol. The van der Waals surface area contributed by atoms with E-state index in [2.05, 4.69) is 39.2 Å². The van der Waals surface area contributed by atoms with Gasteiger partial charge in [0.2, 0.25) is 5.91 Å². The minimum Gasteiger partial charge on any atom is -0.468 e. The molecule has 1 amide bonds. The molecule has 5 nitrogen and oxygen atoms in total. The third-order valence-corrected chi connectivity index (χ3v) is 11.0. The maximum Gasteiger partial charge on any atom is 0.318 e. The van der Waals surface area contributed by atoms with E-state index in [4.69, 9.17) is 9.16 Å². The fourth-order valence-corrected chi connectivity index (χ4v) is 5.17. The monoisotopic (exact) mass is 407 g/mol. The van der Waals surface area contributed by atoms with Gasteiger partial charge in [0, 0.05) is 12.5 Å². The number of methoxy groups -OCH3 is 1. The van der Waals surface area contributed by atoms with Gasteiger partial charge in [-0.15, -0.1) is 0 Å². The molecule has 3 atom stereocenters. The van der Waals surface area contributed by atoms with Crippen LogP contribution in [0.25, 0.3) is 0 Å². The molecule has 0 aromatic heterocycles. The lowest BCUT2D eigenvalue weighted by atomic mass is 9.86. The number of fused-ring (bicyclic) bond motifs is 1. The Bertz CT molecular complexity index is 802. The molecule has 28 heavy (non-hydrogen) atoms. The Morgan fingerprint density at radius 1 is 1.25 bits per heavy atom. The highest BCUT2D eigenvalue weighted by molar-refractivity contribution is 6.74. The normalized spacial score (nSPS) is 24.8. The quantitative estimate of drug-likeness (QED) is 0.468. The average molecular weight is 408 g/mol. The first-order valence-corrected chi connectivity index (χ1v) is 12.7. The summed E-state index contributed by atoms with van der Waals surface area (Å²) in [5, 5.41) is 2.74. The van der Waals surface area contributed by atoms with Crippen LogP contribution in [0.4, 0.5) is 4.39 Å². The lowest BCUT2D eigenvalue weighted by Gasteiger charge is -2.38.